The summed E-state index contributed by atoms with van der Waals surface area (Å²) in [4.78, 5) is 0.0245. The molecule has 0 aliphatic carbocycles. The molecular formula is C11H20N4OS. The predicted molar refractivity (Wildman–Crippen MR) is 68.7 cm³/mol. The number of rotatable bonds is 3. The number of nitrogens with two attached hydrogens (primary N) is 1. The molecule has 1 aliphatic rings. The molecule has 2 heterocycles. The van der Waals surface area contributed by atoms with Crippen LogP contribution in [0, 0.1) is 0 Å². The average molecular weight is 256 g/mol. The van der Waals surface area contributed by atoms with Crippen molar-refractivity contribution in [3.05, 3.63) is 11.8 Å². The van der Waals surface area contributed by atoms with Crippen molar-refractivity contribution in [2.45, 2.75) is 49.8 Å². The minimum absolute atomic E-state index is 0.0245. The zero-order valence-corrected chi connectivity index (χ0v) is 11.6. The first-order valence-electron chi connectivity index (χ1n) is 5.84. The van der Waals surface area contributed by atoms with Gasteiger partial charge in [0.1, 0.15) is 6.04 Å². The molecule has 0 radical (unpaired) electrons. The van der Waals surface area contributed by atoms with Gasteiger partial charge in [0.15, 0.2) is 0 Å². The zero-order valence-electron chi connectivity index (χ0n) is 10.8. The van der Waals surface area contributed by atoms with Crippen LogP contribution < -0.4 is 11.1 Å². The fraction of sp³-hybridized carbons (Fsp3) is 0.818. The normalized spacial score (nSPS) is 26.3. The predicted octanol–water partition coefficient (Wildman–Crippen LogP) is 1.46. The van der Waals surface area contributed by atoms with Gasteiger partial charge in [-0.2, -0.15) is 0 Å². The van der Waals surface area contributed by atoms with E-state index in [1.807, 2.05) is 11.8 Å². The molecular weight excluding hydrogens is 236 g/mol. The van der Waals surface area contributed by atoms with Crippen LogP contribution in [-0.4, -0.2) is 26.4 Å². The van der Waals surface area contributed by atoms with Gasteiger partial charge in [0.25, 0.3) is 0 Å². The summed E-state index contributed by atoms with van der Waals surface area (Å²) in [6, 6.07) is 0.0847. The van der Waals surface area contributed by atoms with Gasteiger partial charge in [-0.1, -0.05) is 0 Å². The minimum atomic E-state index is 0.0245. The van der Waals surface area contributed by atoms with Crippen molar-refractivity contribution in [3.8, 4) is 0 Å². The topological polar surface area (TPSA) is 77.0 Å². The second-order valence-corrected chi connectivity index (χ2v) is 7.64. The summed E-state index contributed by atoms with van der Waals surface area (Å²) < 4.78 is 5.70. The monoisotopic (exact) mass is 256 g/mol. The Hall–Kier alpha value is -0.590. The lowest BCUT2D eigenvalue weighted by atomic mass is 10.0. The van der Waals surface area contributed by atoms with Crippen LogP contribution in [0.5, 0.6) is 0 Å². The van der Waals surface area contributed by atoms with Gasteiger partial charge in [0.05, 0.1) is 4.87 Å². The first-order chi connectivity index (χ1) is 7.84. The fourth-order valence-electron chi connectivity index (χ4n) is 2.23. The number of nitrogens with one attached hydrogen (secondary N) is 1. The average Bonchev–Trinajstić information content (AvgIpc) is 2.68. The minimum Gasteiger partial charge on any atom is -0.423 e. The number of thioether (sulfide) groups is 1. The van der Waals surface area contributed by atoms with Crippen molar-refractivity contribution in [1.82, 2.24) is 15.5 Å². The smallest absolute Gasteiger partial charge is 0.234 e. The van der Waals surface area contributed by atoms with E-state index >= 15 is 0 Å². The molecule has 0 aromatic carbocycles. The molecule has 0 spiro atoms. The van der Waals surface area contributed by atoms with E-state index in [0.717, 1.165) is 0 Å². The molecule has 1 saturated heterocycles. The molecule has 96 valence electrons. The van der Waals surface area contributed by atoms with Gasteiger partial charge >= 0.3 is 0 Å². The maximum Gasteiger partial charge on any atom is 0.234 e. The fourth-order valence-corrected chi connectivity index (χ4v) is 4.00. The Morgan fingerprint density at radius 3 is 2.59 bits per heavy atom. The lowest BCUT2D eigenvalue weighted by molar-refractivity contribution is 0.338. The van der Waals surface area contributed by atoms with Crippen LogP contribution in [0.2, 0.25) is 0 Å². The van der Waals surface area contributed by atoms with Crippen molar-refractivity contribution >= 4 is 11.8 Å². The molecule has 1 fully saturated rings. The van der Waals surface area contributed by atoms with Crippen molar-refractivity contribution < 1.29 is 4.42 Å². The van der Waals surface area contributed by atoms with Crippen LogP contribution in [0.25, 0.3) is 0 Å². The molecule has 0 saturated carbocycles. The maximum atomic E-state index is 5.66. The van der Waals surface area contributed by atoms with E-state index in [1.54, 1.807) is 0 Å². The molecule has 1 unspecified atom stereocenters. The van der Waals surface area contributed by atoms with Crippen LogP contribution in [0.1, 0.15) is 45.5 Å². The highest BCUT2D eigenvalue weighted by molar-refractivity contribution is 8.02. The van der Waals surface area contributed by atoms with Crippen LogP contribution in [0.3, 0.4) is 0 Å². The Morgan fingerprint density at radius 2 is 2.06 bits per heavy atom. The Kier molecular flexibility index (Phi) is 3.22. The number of aromatic nitrogens is 2. The Balaban J connectivity index is 2.21. The molecule has 3 N–H and O–H groups in total. The van der Waals surface area contributed by atoms with E-state index in [0.29, 0.717) is 24.7 Å². The van der Waals surface area contributed by atoms with Crippen molar-refractivity contribution in [2.24, 2.45) is 5.73 Å². The lowest BCUT2D eigenvalue weighted by Gasteiger charge is -2.22. The zero-order chi connectivity index (χ0) is 12.7. The van der Waals surface area contributed by atoms with E-state index in [2.05, 4.69) is 43.2 Å². The standard InChI is InChI=1S/C11H20N4OS/c1-10(2)8(13-11(3,4)17-10)9-15-14-7(16-9)5-6-12/h8,13H,5-6,12H2,1-4H3. The molecule has 5 nitrogen and oxygen atoms in total. The lowest BCUT2D eigenvalue weighted by Crippen LogP contribution is -2.34. The van der Waals surface area contributed by atoms with Crippen molar-refractivity contribution in [2.75, 3.05) is 6.54 Å². The quantitative estimate of drug-likeness (QED) is 0.852. The molecule has 17 heavy (non-hydrogen) atoms. The van der Waals surface area contributed by atoms with Crippen molar-refractivity contribution in [3.63, 3.8) is 0 Å². The van der Waals surface area contributed by atoms with Gasteiger partial charge in [-0.15, -0.1) is 22.0 Å². The highest BCUT2D eigenvalue weighted by atomic mass is 32.2. The van der Waals surface area contributed by atoms with Gasteiger partial charge < -0.3 is 10.2 Å². The molecule has 0 amide bonds. The summed E-state index contributed by atoms with van der Waals surface area (Å²) in [7, 11) is 0. The van der Waals surface area contributed by atoms with Gasteiger partial charge in [-0.25, -0.2) is 0 Å². The van der Waals surface area contributed by atoms with E-state index in [9.17, 15) is 0 Å². The maximum absolute atomic E-state index is 5.66. The second kappa shape index (κ2) is 4.26. The van der Waals surface area contributed by atoms with Gasteiger partial charge in [0, 0.05) is 17.7 Å². The Morgan fingerprint density at radius 1 is 1.35 bits per heavy atom. The number of hydrogen-bond acceptors (Lipinski definition) is 6. The van der Waals surface area contributed by atoms with E-state index < -0.39 is 0 Å². The van der Waals surface area contributed by atoms with E-state index in [4.69, 9.17) is 10.2 Å². The molecule has 1 aromatic heterocycles. The molecule has 1 atom stereocenters. The van der Waals surface area contributed by atoms with Gasteiger partial charge in [-0.05, 0) is 27.7 Å². The van der Waals surface area contributed by atoms with Crippen molar-refractivity contribution in [1.29, 1.82) is 0 Å². The van der Waals surface area contributed by atoms with E-state index in [-0.39, 0.29) is 15.7 Å². The molecule has 0 bridgehead atoms. The van der Waals surface area contributed by atoms with Gasteiger partial charge in [-0.3, -0.25) is 5.32 Å². The third-order valence-corrected chi connectivity index (χ3v) is 4.18. The summed E-state index contributed by atoms with van der Waals surface area (Å²) in [5.41, 5.74) is 5.47. The highest BCUT2D eigenvalue weighted by Crippen LogP contribution is 2.50. The number of nitrogens with zero attached hydrogens (tertiary/aromatic N) is 2. The number of hydrogen-bond donors (Lipinski definition) is 2. The van der Waals surface area contributed by atoms with Crippen LogP contribution >= 0.6 is 11.8 Å². The highest BCUT2D eigenvalue weighted by Gasteiger charge is 2.48. The first-order valence-corrected chi connectivity index (χ1v) is 6.66. The molecule has 1 aliphatic heterocycles. The largest absolute Gasteiger partial charge is 0.423 e. The van der Waals surface area contributed by atoms with Crippen LogP contribution in [-0.2, 0) is 6.42 Å². The SMILES string of the molecule is CC1(C)NC(c2nnc(CCN)o2)C(C)(C)S1. The molecule has 2 rings (SSSR count). The second-order valence-electron chi connectivity index (χ2n) is 5.37. The summed E-state index contributed by atoms with van der Waals surface area (Å²) in [6.07, 6.45) is 0.636. The Labute approximate surface area is 106 Å². The van der Waals surface area contributed by atoms with Crippen LogP contribution in [0.15, 0.2) is 4.42 Å². The summed E-state index contributed by atoms with van der Waals surface area (Å²) in [6.45, 7) is 9.24. The summed E-state index contributed by atoms with van der Waals surface area (Å²) in [5, 5.41) is 11.7. The van der Waals surface area contributed by atoms with Gasteiger partial charge in [0.2, 0.25) is 11.8 Å². The van der Waals surface area contributed by atoms with Crippen LogP contribution in [0.4, 0.5) is 0 Å². The molecule has 1 aromatic rings. The summed E-state index contributed by atoms with van der Waals surface area (Å²) in [5.74, 6) is 1.28. The first kappa shape index (κ1) is 12.9. The Bertz CT molecular complexity index is 402. The third-order valence-electron chi connectivity index (χ3n) is 2.79. The third kappa shape index (κ3) is 2.64. The van der Waals surface area contributed by atoms with E-state index in [1.165, 1.54) is 0 Å². The molecule has 6 heteroatoms. The summed E-state index contributed by atoms with van der Waals surface area (Å²) >= 11 is 1.89.